The molecular weight excluding hydrogens is 376 g/mol. The number of hydrogen-bond donors (Lipinski definition) is 1. The first kappa shape index (κ1) is 18.8. The molecule has 0 atom stereocenters. The zero-order valence-corrected chi connectivity index (χ0v) is 14.9. The first-order valence-electron chi connectivity index (χ1n) is 8.04. The second kappa shape index (κ2) is 7.33. The van der Waals surface area contributed by atoms with Gasteiger partial charge >= 0.3 is 5.97 Å². The van der Waals surface area contributed by atoms with Crippen LogP contribution in [0.1, 0.15) is 44.1 Å². The quantitative estimate of drug-likeness (QED) is 0.424. The molecule has 9 nitrogen and oxygen atoms in total. The summed E-state index contributed by atoms with van der Waals surface area (Å²) < 4.78 is 32.0. The standard InChI is InChI=1S/C17H16N2O7S/c18-27(23,24)14-8-7-13(26-14)17(22)25-10-4-3-9-19-15(20)11-5-1-2-6-12(11)16(19)21/h1-2,5-8H,3-4,9-10H2,(H2,18,23,24). The third-order valence-electron chi connectivity index (χ3n) is 3.95. The molecular formula is C17H16N2O7S. The smallest absolute Gasteiger partial charge is 0.374 e. The van der Waals surface area contributed by atoms with Crippen LogP contribution in [0.15, 0.2) is 45.9 Å². The maximum Gasteiger partial charge on any atom is 0.374 e. The van der Waals surface area contributed by atoms with Crippen LogP contribution >= 0.6 is 0 Å². The van der Waals surface area contributed by atoms with Gasteiger partial charge in [-0.3, -0.25) is 14.5 Å². The Balaban J connectivity index is 1.45. The average molecular weight is 392 g/mol. The highest BCUT2D eigenvalue weighted by Crippen LogP contribution is 2.22. The highest BCUT2D eigenvalue weighted by Gasteiger charge is 2.34. The molecule has 0 saturated carbocycles. The summed E-state index contributed by atoms with van der Waals surface area (Å²) in [5, 5.41) is 4.36. The molecule has 1 aliphatic rings. The van der Waals surface area contributed by atoms with Crippen molar-refractivity contribution in [2.45, 2.75) is 17.9 Å². The number of hydrogen-bond acceptors (Lipinski definition) is 7. The molecule has 0 unspecified atom stereocenters. The summed E-state index contributed by atoms with van der Waals surface area (Å²) in [5.41, 5.74) is 0.773. The number of primary sulfonamides is 1. The molecule has 27 heavy (non-hydrogen) atoms. The lowest BCUT2D eigenvalue weighted by molar-refractivity contribution is 0.0446. The molecule has 0 fully saturated rings. The molecule has 0 spiro atoms. The molecule has 3 rings (SSSR count). The van der Waals surface area contributed by atoms with E-state index < -0.39 is 21.1 Å². The van der Waals surface area contributed by atoms with Gasteiger partial charge in [-0.05, 0) is 37.1 Å². The van der Waals surface area contributed by atoms with Crippen molar-refractivity contribution in [1.82, 2.24) is 4.90 Å². The number of rotatable bonds is 7. The molecule has 0 bridgehead atoms. The Morgan fingerprint density at radius 2 is 1.67 bits per heavy atom. The molecule has 2 heterocycles. The zero-order chi connectivity index (χ0) is 19.6. The minimum Gasteiger partial charge on any atom is -0.460 e. The third kappa shape index (κ3) is 3.91. The van der Waals surface area contributed by atoms with Gasteiger partial charge in [0.05, 0.1) is 17.7 Å². The Morgan fingerprint density at radius 3 is 2.22 bits per heavy atom. The predicted molar refractivity (Wildman–Crippen MR) is 91.4 cm³/mol. The van der Waals surface area contributed by atoms with Crippen molar-refractivity contribution in [3.63, 3.8) is 0 Å². The van der Waals surface area contributed by atoms with E-state index in [0.29, 0.717) is 24.0 Å². The molecule has 1 aromatic carbocycles. The van der Waals surface area contributed by atoms with Crippen molar-refractivity contribution < 1.29 is 32.0 Å². The largest absolute Gasteiger partial charge is 0.460 e. The van der Waals surface area contributed by atoms with Gasteiger partial charge < -0.3 is 9.15 Å². The first-order valence-corrected chi connectivity index (χ1v) is 9.58. The zero-order valence-electron chi connectivity index (χ0n) is 14.1. The van der Waals surface area contributed by atoms with Gasteiger partial charge in [-0.25, -0.2) is 18.4 Å². The molecule has 1 aliphatic heterocycles. The fraction of sp³-hybridized carbons (Fsp3) is 0.235. The SMILES string of the molecule is NS(=O)(=O)c1ccc(C(=O)OCCCCN2C(=O)c3ccccc3C2=O)o1. The maximum atomic E-state index is 12.2. The molecule has 2 N–H and O–H groups in total. The van der Waals surface area contributed by atoms with Crippen LogP contribution in [0.4, 0.5) is 0 Å². The number of sulfonamides is 1. The number of nitrogens with zero attached hydrogens (tertiary/aromatic N) is 1. The average Bonchev–Trinajstić information content (AvgIpc) is 3.21. The topological polar surface area (TPSA) is 137 Å². The maximum absolute atomic E-state index is 12.2. The van der Waals surface area contributed by atoms with E-state index in [1.165, 1.54) is 0 Å². The fourth-order valence-electron chi connectivity index (χ4n) is 2.63. The van der Waals surface area contributed by atoms with E-state index in [0.717, 1.165) is 17.0 Å². The second-order valence-electron chi connectivity index (χ2n) is 5.81. The number of amides is 2. The monoisotopic (exact) mass is 392 g/mol. The van der Waals surface area contributed by atoms with Crippen molar-refractivity contribution in [3.8, 4) is 0 Å². The summed E-state index contributed by atoms with van der Waals surface area (Å²) in [6.45, 7) is 0.230. The number of benzene rings is 1. The number of nitrogens with two attached hydrogens (primary N) is 1. The van der Waals surface area contributed by atoms with Gasteiger partial charge in [0.25, 0.3) is 21.8 Å². The van der Waals surface area contributed by atoms with E-state index in [4.69, 9.17) is 14.3 Å². The van der Waals surface area contributed by atoms with Gasteiger partial charge in [-0.1, -0.05) is 12.1 Å². The molecule has 1 aromatic heterocycles. The number of carbonyl (C=O) groups is 3. The van der Waals surface area contributed by atoms with Gasteiger partial charge in [0.1, 0.15) is 0 Å². The summed E-state index contributed by atoms with van der Waals surface area (Å²) >= 11 is 0. The van der Waals surface area contributed by atoms with E-state index in [-0.39, 0.29) is 30.7 Å². The minimum absolute atomic E-state index is 0.0212. The molecule has 0 radical (unpaired) electrons. The summed E-state index contributed by atoms with van der Waals surface area (Å²) in [5.74, 6) is -1.78. The summed E-state index contributed by atoms with van der Waals surface area (Å²) in [7, 11) is -4.03. The number of furan rings is 1. The van der Waals surface area contributed by atoms with Crippen LogP contribution in [0.5, 0.6) is 0 Å². The van der Waals surface area contributed by atoms with Crippen molar-refractivity contribution >= 4 is 27.8 Å². The van der Waals surface area contributed by atoms with Crippen LogP contribution in [0, 0.1) is 0 Å². The van der Waals surface area contributed by atoms with E-state index in [1.54, 1.807) is 24.3 Å². The van der Waals surface area contributed by atoms with Crippen molar-refractivity contribution in [3.05, 3.63) is 53.3 Å². The number of unbranched alkanes of at least 4 members (excludes halogenated alkanes) is 1. The molecule has 142 valence electrons. The van der Waals surface area contributed by atoms with E-state index in [1.807, 2.05) is 0 Å². The van der Waals surface area contributed by atoms with Crippen molar-refractivity contribution in [2.24, 2.45) is 5.14 Å². The lowest BCUT2D eigenvalue weighted by atomic mass is 10.1. The van der Waals surface area contributed by atoms with Crippen LogP contribution < -0.4 is 5.14 Å². The van der Waals surface area contributed by atoms with E-state index in [2.05, 4.69) is 0 Å². The van der Waals surface area contributed by atoms with Gasteiger partial charge in [0.2, 0.25) is 10.9 Å². The van der Waals surface area contributed by atoms with Gasteiger partial charge in [-0.15, -0.1) is 0 Å². The Kier molecular flexibility index (Phi) is 5.10. The Labute approximate surface area is 154 Å². The summed E-state index contributed by atoms with van der Waals surface area (Å²) in [4.78, 5) is 37.3. The number of imide groups is 1. The number of carbonyl (C=O) groups excluding carboxylic acids is 3. The fourth-order valence-corrected chi connectivity index (χ4v) is 3.10. The number of ether oxygens (including phenoxy) is 1. The molecule has 0 aliphatic carbocycles. The van der Waals surface area contributed by atoms with Crippen LogP contribution in [-0.2, 0) is 14.8 Å². The Morgan fingerprint density at radius 1 is 1.04 bits per heavy atom. The summed E-state index contributed by atoms with van der Waals surface area (Å²) in [6.07, 6.45) is 0.848. The van der Waals surface area contributed by atoms with Crippen molar-refractivity contribution in [1.29, 1.82) is 0 Å². The predicted octanol–water partition coefficient (Wildman–Crippen LogP) is 1.16. The lowest BCUT2D eigenvalue weighted by Gasteiger charge is -2.13. The molecule has 0 saturated heterocycles. The summed E-state index contributed by atoms with van der Waals surface area (Å²) in [6, 6.07) is 8.83. The third-order valence-corrected chi connectivity index (χ3v) is 4.73. The van der Waals surface area contributed by atoms with Gasteiger partial charge in [-0.2, -0.15) is 0 Å². The normalized spacial score (nSPS) is 13.7. The Bertz CT molecular complexity index is 975. The molecule has 2 aromatic rings. The van der Waals surface area contributed by atoms with E-state index >= 15 is 0 Å². The number of fused-ring (bicyclic) bond motifs is 1. The van der Waals surface area contributed by atoms with Crippen molar-refractivity contribution in [2.75, 3.05) is 13.2 Å². The first-order chi connectivity index (χ1) is 12.8. The second-order valence-corrected chi connectivity index (χ2v) is 7.31. The van der Waals surface area contributed by atoms with Crippen LogP contribution in [0.25, 0.3) is 0 Å². The molecule has 10 heteroatoms. The minimum atomic E-state index is -4.03. The van der Waals surface area contributed by atoms with Gasteiger partial charge in [0.15, 0.2) is 0 Å². The highest BCUT2D eigenvalue weighted by atomic mass is 32.2. The van der Waals surface area contributed by atoms with Gasteiger partial charge in [0, 0.05) is 6.54 Å². The van der Waals surface area contributed by atoms with E-state index in [9.17, 15) is 22.8 Å². The number of esters is 1. The van der Waals surface area contributed by atoms with Crippen LogP contribution in [-0.4, -0.2) is 44.3 Å². The Hall–Kier alpha value is -2.98. The highest BCUT2D eigenvalue weighted by molar-refractivity contribution is 7.89. The lowest BCUT2D eigenvalue weighted by Crippen LogP contribution is -2.30. The van der Waals surface area contributed by atoms with Crippen LogP contribution in [0.2, 0.25) is 0 Å². The molecule has 2 amide bonds. The van der Waals surface area contributed by atoms with Crippen LogP contribution in [0.3, 0.4) is 0 Å².